The predicted molar refractivity (Wildman–Crippen MR) is 98.6 cm³/mol. The maximum Gasteiger partial charge on any atom is 0.140 e. The lowest BCUT2D eigenvalue weighted by Gasteiger charge is -2.44. The molecule has 23 heavy (non-hydrogen) atoms. The maximum atomic E-state index is 2.42. The van der Waals surface area contributed by atoms with Crippen LogP contribution in [0.1, 0.15) is 34.7 Å². The number of anilines is 1. The monoisotopic (exact) mass is 306 g/mol. The van der Waals surface area contributed by atoms with E-state index in [-0.39, 0.29) is 5.66 Å². The standard InChI is InChI=1S/C21H26N2/c1-15-13-17(3)20(18(4)14-15)23-12-11-22(6)21(23,5)19-10-8-7-9-16(19)2/h7-14H,1-6H3. The van der Waals surface area contributed by atoms with Crippen molar-refractivity contribution in [1.82, 2.24) is 4.90 Å². The van der Waals surface area contributed by atoms with E-state index in [4.69, 9.17) is 0 Å². The first kappa shape index (κ1) is 15.7. The van der Waals surface area contributed by atoms with Crippen LogP contribution in [-0.2, 0) is 5.66 Å². The Bertz CT molecular complexity index is 752. The fourth-order valence-electron chi connectivity index (χ4n) is 3.90. The Kier molecular flexibility index (Phi) is 3.71. The average Bonchev–Trinajstić information content (AvgIpc) is 2.76. The van der Waals surface area contributed by atoms with Gasteiger partial charge in [-0.3, -0.25) is 0 Å². The first-order chi connectivity index (χ1) is 10.9. The molecule has 3 rings (SSSR count). The van der Waals surface area contributed by atoms with Gasteiger partial charge in [0.2, 0.25) is 0 Å². The van der Waals surface area contributed by atoms with E-state index in [1.807, 2.05) is 0 Å². The van der Waals surface area contributed by atoms with E-state index in [1.165, 1.54) is 33.5 Å². The van der Waals surface area contributed by atoms with Crippen LogP contribution in [0.25, 0.3) is 0 Å². The van der Waals surface area contributed by atoms with Crippen molar-refractivity contribution in [2.24, 2.45) is 0 Å². The third-order valence-electron chi connectivity index (χ3n) is 5.13. The highest BCUT2D eigenvalue weighted by molar-refractivity contribution is 5.65. The normalized spacial score (nSPS) is 20.4. The van der Waals surface area contributed by atoms with Crippen LogP contribution in [0, 0.1) is 27.7 Å². The molecule has 0 bridgehead atoms. The lowest BCUT2D eigenvalue weighted by Crippen LogP contribution is -2.47. The molecule has 120 valence electrons. The van der Waals surface area contributed by atoms with Gasteiger partial charge in [0.1, 0.15) is 5.66 Å². The van der Waals surface area contributed by atoms with E-state index in [1.54, 1.807) is 0 Å². The van der Waals surface area contributed by atoms with Gasteiger partial charge in [-0.15, -0.1) is 0 Å². The Hall–Kier alpha value is -2.22. The van der Waals surface area contributed by atoms with Gasteiger partial charge in [-0.05, 0) is 51.3 Å². The van der Waals surface area contributed by atoms with Crippen molar-refractivity contribution >= 4 is 5.69 Å². The summed E-state index contributed by atoms with van der Waals surface area (Å²) in [4.78, 5) is 4.72. The lowest BCUT2D eigenvalue weighted by atomic mass is 9.92. The van der Waals surface area contributed by atoms with E-state index in [0.29, 0.717) is 0 Å². The van der Waals surface area contributed by atoms with Gasteiger partial charge in [0, 0.05) is 30.7 Å². The summed E-state index contributed by atoms with van der Waals surface area (Å²) in [6.07, 6.45) is 4.38. The molecule has 0 saturated carbocycles. The molecule has 0 radical (unpaired) electrons. The molecule has 2 heteroatoms. The minimum atomic E-state index is -0.212. The second-order valence-corrected chi connectivity index (χ2v) is 6.86. The lowest BCUT2D eigenvalue weighted by molar-refractivity contribution is 0.229. The van der Waals surface area contributed by atoms with Gasteiger partial charge in [-0.1, -0.05) is 42.0 Å². The van der Waals surface area contributed by atoms with Crippen molar-refractivity contribution < 1.29 is 0 Å². The van der Waals surface area contributed by atoms with Crippen LogP contribution in [0.4, 0.5) is 5.69 Å². The van der Waals surface area contributed by atoms with Crippen molar-refractivity contribution in [3.05, 3.63) is 76.6 Å². The van der Waals surface area contributed by atoms with Crippen LogP contribution < -0.4 is 4.90 Å². The summed E-state index contributed by atoms with van der Waals surface area (Å²) < 4.78 is 0. The SMILES string of the molecule is Cc1cc(C)c(N2C=CN(C)C2(C)c2ccccc2C)c(C)c1. The fraction of sp³-hybridized carbons (Fsp3) is 0.333. The molecule has 0 saturated heterocycles. The van der Waals surface area contributed by atoms with Crippen LogP contribution in [0.2, 0.25) is 0 Å². The molecule has 1 atom stereocenters. The Balaban J connectivity index is 2.20. The van der Waals surface area contributed by atoms with Gasteiger partial charge in [0.25, 0.3) is 0 Å². The highest BCUT2D eigenvalue weighted by Crippen LogP contribution is 2.43. The summed E-state index contributed by atoms with van der Waals surface area (Å²) in [6, 6.07) is 13.2. The van der Waals surface area contributed by atoms with Crippen molar-refractivity contribution in [2.75, 3.05) is 11.9 Å². The minimum absolute atomic E-state index is 0.212. The van der Waals surface area contributed by atoms with Crippen molar-refractivity contribution in [1.29, 1.82) is 0 Å². The summed E-state index contributed by atoms with van der Waals surface area (Å²) >= 11 is 0. The van der Waals surface area contributed by atoms with E-state index in [0.717, 1.165) is 0 Å². The molecular formula is C21H26N2. The quantitative estimate of drug-likeness (QED) is 0.769. The molecule has 0 fully saturated rings. The van der Waals surface area contributed by atoms with Crippen LogP contribution in [0.15, 0.2) is 48.8 Å². The maximum absolute atomic E-state index is 2.42. The number of benzene rings is 2. The number of hydrogen-bond donors (Lipinski definition) is 0. The molecule has 0 N–H and O–H groups in total. The Morgan fingerprint density at radius 3 is 2.04 bits per heavy atom. The van der Waals surface area contributed by atoms with Crippen molar-refractivity contribution in [3.63, 3.8) is 0 Å². The van der Waals surface area contributed by atoms with Crippen molar-refractivity contribution in [2.45, 2.75) is 40.3 Å². The summed E-state index contributed by atoms with van der Waals surface area (Å²) in [5, 5.41) is 0. The van der Waals surface area contributed by atoms with Crippen LogP contribution in [0.5, 0.6) is 0 Å². The van der Waals surface area contributed by atoms with Crippen LogP contribution in [-0.4, -0.2) is 11.9 Å². The zero-order chi connectivity index (χ0) is 16.8. The van der Waals surface area contributed by atoms with Gasteiger partial charge < -0.3 is 9.80 Å². The third-order valence-corrected chi connectivity index (χ3v) is 5.13. The number of aryl methyl sites for hydroxylation is 4. The van der Waals surface area contributed by atoms with E-state index in [9.17, 15) is 0 Å². The number of rotatable bonds is 2. The molecule has 0 aliphatic carbocycles. The topological polar surface area (TPSA) is 6.48 Å². The van der Waals surface area contributed by atoms with E-state index < -0.39 is 0 Å². The molecular weight excluding hydrogens is 280 g/mol. The molecule has 1 unspecified atom stereocenters. The highest BCUT2D eigenvalue weighted by Gasteiger charge is 2.41. The summed E-state index contributed by atoms with van der Waals surface area (Å²) in [5.74, 6) is 0. The zero-order valence-electron chi connectivity index (χ0n) is 15.0. The van der Waals surface area contributed by atoms with Crippen LogP contribution >= 0.6 is 0 Å². The Morgan fingerprint density at radius 2 is 1.43 bits per heavy atom. The molecule has 1 aliphatic heterocycles. The van der Waals surface area contributed by atoms with E-state index in [2.05, 4.69) is 100 Å². The molecule has 2 aromatic carbocycles. The molecule has 2 aromatic rings. The Morgan fingerprint density at radius 1 is 0.826 bits per heavy atom. The molecule has 0 aromatic heterocycles. The minimum Gasteiger partial charge on any atom is -0.353 e. The van der Waals surface area contributed by atoms with Gasteiger partial charge >= 0.3 is 0 Å². The summed E-state index contributed by atoms with van der Waals surface area (Å²) in [6.45, 7) is 11.1. The van der Waals surface area contributed by atoms with Gasteiger partial charge in [-0.2, -0.15) is 0 Å². The fourth-order valence-corrected chi connectivity index (χ4v) is 3.90. The molecule has 0 amide bonds. The highest BCUT2D eigenvalue weighted by atomic mass is 15.4. The number of nitrogens with zero attached hydrogens (tertiary/aromatic N) is 2. The van der Waals surface area contributed by atoms with Gasteiger partial charge in [-0.25, -0.2) is 0 Å². The first-order valence-corrected chi connectivity index (χ1v) is 8.20. The van der Waals surface area contributed by atoms with Crippen molar-refractivity contribution in [3.8, 4) is 0 Å². The third kappa shape index (κ3) is 2.33. The number of hydrogen-bond acceptors (Lipinski definition) is 2. The molecule has 2 nitrogen and oxygen atoms in total. The molecule has 1 heterocycles. The van der Waals surface area contributed by atoms with Crippen LogP contribution in [0.3, 0.4) is 0 Å². The molecule has 1 aliphatic rings. The Labute approximate surface area is 140 Å². The summed E-state index contributed by atoms with van der Waals surface area (Å²) in [5.41, 5.74) is 7.71. The molecule has 0 spiro atoms. The largest absolute Gasteiger partial charge is 0.353 e. The average molecular weight is 306 g/mol. The van der Waals surface area contributed by atoms with E-state index >= 15 is 0 Å². The van der Waals surface area contributed by atoms with Gasteiger partial charge in [0.05, 0.1) is 0 Å². The van der Waals surface area contributed by atoms with Gasteiger partial charge in [0.15, 0.2) is 0 Å². The second kappa shape index (κ2) is 5.45. The predicted octanol–water partition coefficient (Wildman–Crippen LogP) is 5.02. The second-order valence-electron chi connectivity index (χ2n) is 6.86. The smallest absolute Gasteiger partial charge is 0.140 e. The summed E-state index contributed by atoms with van der Waals surface area (Å²) in [7, 11) is 2.15. The zero-order valence-corrected chi connectivity index (χ0v) is 15.0. The first-order valence-electron chi connectivity index (χ1n) is 8.20.